The molecule has 1 heterocycles. The summed E-state index contributed by atoms with van der Waals surface area (Å²) >= 11 is 0. The van der Waals surface area contributed by atoms with Crippen molar-refractivity contribution in [3.05, 3.63) is 6.33 Å². The molecule has 0 unspecified atom stereocenters. The molecule has 1 rings (SSSR count). The van der Waals surface area contributed by atoms with Crippen LogP contribution in [0.1, 0.15) is 40.0 Å². The lowest BCUT2D eigenvalue weighted by Crippen LogP contribution is -2.37. The molecule has 0 bridgehead atoms. The van der Waals surface area contributed by atoms with Gasteiger partial charge in [0.15, 0.2) is 0 Å². The van der Waals surface area contributed by atoms with Crippen LogP contribution in [0.3, 0.4) is 0 Å². The highest BCUT2D eigenvalue weighted by atomic mass is 32.2. The zero-order valence-electron chi connectivity index (χ0n) is 14.1. The molecular formula is C14H26N4O4S. The fourth-order valence-electron chi connectivity index (χ4n) is 1.86. The molecule has 0 fully saturated rings. The third-order valence-corrected chi connectivity index (χ3v) is 4.79. The highest BCUT2D eigenvalue weighted by Crippen LogP contribution is 2.07. The number of aromatic nitrogens is 3. The number of sulfone groups is 1. The van der Waals surface area contributed by atoms with Gasteiger partial charge in [0.25, 0.3) is 5.16 Å². The summed E-state index contributed by atoms with van der Waals surface area (Å²) in [7, 11) is -3.53. The number of unbranched alkanes of at least 4 members (excludes halogenated alkanes) is 1. The van der Waals surface area contributed by atoms with E-state index in [0.29, 0.717) is 32.7 Å². The molecule has 0 radical (unpaired) electrons. The third-order valence-electron chi connectivity index (χ3n) is 3.22. The van der Waals surface area contributed by atoms with E-state index in [1.807, 2.05) is 20.8 Å². The van der Waals surface area contributed by atoms with Crippen molar-refractivity contribution in [2.75, 3.05) is 32.1 Å². The molecule has 0 spiro atoms. The molecule has 0 N–H and O–H groups in total. The lowest BCUT2D eigenvalue weighted by atomic mass is 10.4. The van der Waals surface area contributed by atoms with Gasteiger partial charge in [-0.05, 0) is 19.8 Å². The molecule has 0 aliphatic heterocycles. The second-order valence-corrected chi connectivity index (χ2v) is 7.12. The van der Waals surface area contributed by atoms with Gasteiger partial charge in [0.2, 0.25) is 9.84 Å². The first kappa shape index (κ1) is 19.6. The predicted molar refractivity (Wildman–Crippen MR) is 86.1 cm³/mol. The second-order valence-electron chi connectivity index (χ2n) is 5.12. The van der Waals surface area contributed by atoms with E-state index in [1.54, 1.807) is 0 Å². The van der Waals surface area contributed by atoms with E-state index in [9.17, 15) is 13.2 Å². The maximum Gasteiger partial charge on any atom is 0.346 e. The Morgan fingerprint density at radius 2 is 2.00 bits per heavy atom. The van der Waals surface area contributed by atoms with Gasteiger partial charge in [0.05, 0.1) is 12.4 Å². The molecule has 0 aliphatic carbocycles. The van der Waals surface area contributed by atoms with Crippen LogP contribution in [0, 0.1) is 0 Å². The third kappa shape index (κ3) is 5.91. The van der Waals surface area contributed by atoms with Crippen molar-refractivity contribution in [1.82, 2.24) is 19.7 Å². The lowest BCUT2D eigenvalue weighted by Gasteiger charge is -2.19. The first-order valence-corrected chi connectivity index (χ1v) is 9.62. The minimum atomic E-state index is -3.53. The summed E-state index contributed by atoms with van der Waals surface area (Å²) in [4.78, 5) is 17.6. The maximum atomic E-state index is 12.3. The molecule has 0 aliphatic rings. The van der Waals surface area contributed by atoms with Crippen molar-refractivity contribution in [3.63, 3.8) is 0 Å². The van der Waals surface area contributed by atoms with Gasteiger partial charge in [0.1, 0.15) is 6.33 Å². The number of carbonyl (C=O) groups excluding carboxylic acids is 1. The Balaban J connectivity index is 2.72. The van der Waals surface area contributed by atoms with Crippen molar-refractivity contribution >= 4 is 15.9 Å². The Kier molecular flexibility index (Phi) is 8.18. The number of rotatable bonds is 10. The fraction of sp³-hybridized carbons (Fsp3) is 0.786. The van der Waals surface area contributed by atoms with Crippen molar-refractivity contribution in [2.24, 2.45) is 0 Å². The van der Waals surface area contributed by atoms with Gasteiger partial charge in [0, 0.05) is 19.7 Å². The number of likely N-dealkylation sites (N-methyl/N-ethyl adjacent to an activating group) is 1. The molecule has 1 aromatic rings. The van der Waals surface area contributed by atoms with E-state index in [2.05, 4.69) is 10.1 Å². The molecule has 0 saturated carbocycles. The van der Waals surface area contributed by atoms with Crippen LogP contribution < -0.4 is 0 Å². The highest BCUT2D eigenvalue weighted by Gasteiger charge is 2.22. The Morgan fingerprint density at radius 3 is 2.61 bits per heavy atom. The average molecular weight is 346 g/mol. The zero-order valence-corrected chi connectivity index (χ0v) is 14.9. The number of nitrogens with zero attached hydrogens (tertiary/aromatic N) is 4. The molecule has 0 atom stereocenters. The van der Waals surface area contributed by atoms with Crippen LogP contribution in [0.4, 0.5) is 4.79 Å². The number of hydrogen-bond acceptors (Lipinski definition) is 6. The quantitative estimate of drug-likeness (QED) is 0.597. The molecule has 0 saturated heterocycles. The van der Waals surface area contributed by atoms with E-state index in [-0.39, 0.29) is 10.9 Å². The van der Waals surface area contributed by atoms with Gasteiger partial charge in [-0.15, -0.1) is 5.10 Å². The highest BCUT2D eigenvalue weighted by molar-refractivity contribution is 7.91. The minimum Gasteiger partial charge on any atom is -0.380 e. The van der Waals surface area contributed by atoms with Crippen LogP contribution in [-0.2, 0) is 14.6 Å². The monoisotopic (exact) mass is 346 g/mol. The number of hydrogen-bond donors (Lipinski definition) is 0. The smallest absolute Gasteiger partial charge is 0.346 e. The van der Waals surface area contributed by atoms with E-state index >= 15 is 0 Å². The molecule has 132 valence electrons. The van der Waals surface area contributed by atoms with Crippen LogP contribution in [0.5, 0.6) is 0 Å². The zero-order chi connectivity index (χ0) is 17.3. The van der Waals surface area contributed by atoms with Crippen LogP contribution in [0.2, 0.25) is 0 Å². The second kappa shape index (κ2) is 9.61. The SMILES string of the molecule is CCCCS(=O)(=O)c1ncn(C(=O)N(CC)CCOCCC)n1. The van der Waals surface area contributed by atoms with Crippen molar-refractivity contribution in [3.8, 4) is 0 Å². The summed E-state index contributed by atoms with van der Waals surface area (Å²) in [5, 5.41) is 3.54. The summed E-state index contributed by atoms with van der Waals surface area (Å²) in [6.07, 6.45) is 3.37. The van der Waals surface area contributed by atoms with Gasteiger partial charge in [-0.25, -0.2) is 18.2 Å². The minimum absolute atomic E-state index is 0.00987. The average Bonchev–Trinajstić information content (AvgIpc) is 3.03. The summed E-state index contributed by atoms with van der Waals surface area (Å²) in [6.45, 7) is 7.74. The van der Waals surface area contributed by atoms with Crippen LogP contribution in [0.25, 0.3) is 0 Å². The molecule has 9 heteroatoms. The Bertz CT molecular complexity index is 585. The van der Waals surface area contributed by atoms with E-state index in [1.165, 1.54) is 4.90 Å². The summed E-state index contributed by atoms with van der Waals surface area (Å²) in [5.74, 6) is -0.00987. The normalized spacial score (nSPS) is 11.6. The Labute approximate surface area is 137 Å². The van der Waals surface area contributed by atoms with Crippen LogP contribution in [-0.4, -0.2) is 66.2 Å². The van der Waals surface area contributed by atoms with Gasteiger partial charge in [-0.3, -0.25) is 0 Å². The summed E-state index contributed by atoms with van der Waals surface area (Å²) in [6, 6.07) is -0.406. The van der Waals surface area contributed by atoms with Crippen molar-refractivity contribution in [2.45, 2.75) is 45.2 Å². The molecular weight excluding hydrogens is 320 g/mol. The molecule has 8 nitrogen and oxygen atoms in total. The largest absolute Gasteiger partial charge is 0.380 e. The number of ether oxygens (including phenoxy) is 1. The maximum absolute atomic E-state index is 12.3. The van der Waals surface area contributed by atoms with E-state index in [0.717, 1.165) is 23.9 Å². The molecule has 1 amide bonds. The summed E-state index contributed by atoms with van der Waals surface area (Å²) in [5.41, 5.74) is 0. The molecule has 1 aromatic heterocycles. The van der Waals surface area contributed by atoms with Crippen LogP contribution >= 0.6 is 0 Å². The lowest BCUT2D eigenvalue weighted by molar-refractivity contribution is 0.111. The van der Waals surface area contributed by atoms with E-state index < -0.39 is 15.9 Å². The topological polar surface area (TPSA) is 94.4 Å². The van der Waals surface area contributed by atoms with Crippen molar-refractivity contribution in [1.29, 1.82) is 0 Å². The van der Waals surface area contributed by atoms with Crippen molar-refractivity contribution < 1.29 is 17.9 Å². The Hall–Kier alpha value is -1.48. The first-order valence-electron chi connectivity index (χ1n) is 7.97. The van der Waals surface area contributed by atoms with Gasteiger partial charge >= 0.3 is 6.03 Å². The molecule has 0 aromatic carbocycles. The number of amides is 1. The first-order chi connectivity index (χ1) is 11.0. The fourth-order valence-corrected chi connectivity index (χ4v) is 3.13. The van der Waals surface area contributed by atoms with Gasteiger partial charge in [-0.2, -0.15) is 4.68 Å². The number of carbonyl (C=O) groups is 1. The van der Waals surface area contributed by atoms with E-state index in [4.69, 9.17) is 4.74 Å². The predicted octanol–water partition coefficient (Wildman–Crippen LogP) is 1.57. The van der Waals surface area contributed by atoms with Gasteiger partial charge < -0.3 is 9.64 Å². The summed E-state index contributed by atoms with van der Waals surface area (Å²) < 4.78 is 30.4. The molecule has 23 heavy (non-hydrogen) atoms. The standard InChI is InChI=1S/C14H26N4O4S/c1-4-7-11-23(20,21)13-15-12-18(16-13)14(19)17(6-3)8-10-22-9-5-2/h12H,4-11H2,1-3H3. The van der Waals surface area contributed by atoms with Gasteiger partial charge in [-0.1, -0.05) is 20.3 Å². The van der Waals surface area contributed by atoms with Crippen LogP contribution in [0.15, 0.2) is 11.5 Å². The Morgan fingerprint density at radius 1 is 1.26 bits per heavy atom.